The van der Waals surface area contributed by atoms with Crippen LogP contribution in [0.1, 0.15) is 5.56 Å². The second kappa shape index (κ2) is 2.20. The summed E-state index contributed by atoms with van der Waals surface area (Å²) in [5, 5.41) is 9.04. The molecule has 3 heteroatoms. The summed E-state index contributed by atoms with van der Waals surface area (Å²) in [5.74, 6) is 0. The molecule has 1 N–H and O–H groups in total. The minimum Gasteiger partial charge on any atom is -0.287 e. The average molecular weight is 159 g/mol. The topological polar surface area (TPSA) is 28.7 Å². The van der Waals surface area contributed by atoms with Gasteiger partial charge in [0, 0.05) is 10.7 Å². The molecule has 1 aromatic heterocycles. The zero-order valence-electron chi connectivity index (χ0n) is 6.18. The van der Waals surface area contributed by atoms with Crippen LogP contribution in [-0.2, 0) is 0 Å². The first-order valence-corrected chi connectivity index (χ1v) is 3.94. The van der Waals surface area contributed by atoms with Gasteiger partial charge in [-0.15, -0.1) is 0 Å². The van der Waals surface area contributed by atoms with Crippen molar-refractivity contribution >= 4 is 26.5 Å². The molecule has 0 bridgehead atoms. The van der Waals surface area contributed by atoms with E-state index in [0.717, 1.165) is 16.2 Å². The average Bonchev–Trinajstić information content (AvgIpc) is 2.33. The number of hydrogen-bond donors (Lipinski definition) is 1. The first-order chi connectivity index (χ1) is 5.27. The molecule has 0 spiro atoms. The van der Waals surface area contributed by atoms with E-state index < -0.39 is 0 Å². The van der Waals surface area contributed by atoms with Gasteiger partial charge < -0.3 is 0 Å². The van der Waals surface area contributed by atoms with E-state index in [1.165, 1.54) is 5.56 Å². The second-order valence-corrected chi connectivity index (χ2v) is 3.12. The summed E-state index contributed by atoms with van der Waals surface area (Å²) >= 11 is 0. The maximum atomic E-state index is 4.09. The molecule has 0 saturated carbocycles. The van der Waals surface area contributed by atoms with Crippen LogP contribution in [0.5, 0.6) is 0 Å². The number of aromatic amines is 1. The molecule has 0 aliphatic carbocycles. The van der Waals surface area contributed by atoms with Gasteiger partial charge >= 0.3 is 0 Å². The third-order valence-corrected chi connectivity index (χ3v) is 2.09. The van der Waals surface area contributed by atoms with Crippen molar-refractivity contribution in [2.45, 2.75) is 6.92 Å². The molecule has 0 aliphatic heterocycles. The predicted octanol–water partition coefficient (Wildman–Crippen LogP) is 0.665. The molecule has 2 nitrogen and oxygen atoms in total. The summed E-state index contributed by atoms with van der Waals surface area (Å²) in [4.78, 5) is 0. The summed E-state index contributed by atoms with van der Waals surface area (Å²) in [6, 6.07) is 6.15. The Morgan fingerprint density at radius 2 is 2.27 bits per heavy atom. The number of nitrogens with zero attached hydrogens (tertiary/aromatic N) is 1. The molecule has 3 radical (unpaired) electrons. The van der Waals surface area contributed by atoms with Crippen molar-refractivity contribution in [2.24, 2.45) is 0 Å². The van der Waals surface area contributed by atoms with Gasteiger partial charge in [-0.3, -0.25) is 5.10 Å². The summed E-state index contributed by atoms with van der Waals surface area (Å²) in [6.07, 6.45) is 0. The number of fused-ring (bicyclic) bond motifs is 1. The molecule has 11 heavy (non-hydrogen) atoms. The van der Waals surface area contributed by atoms with Gasteiger partial charge in [0.1, 0.15) is 0 Å². The molecule has 0 atom stereocenters. The van der Waals surface area contributed by atoms with Crippen molar-refractivity contribution in [3.05, 3.63) is 23.8 Å². The summed E-state index contributed by atoms with van der Waals surface area (Å²) in [6.45, 7) is 2.07. The SMILES string of the molecule is Cc1ccc2n[nH]c([Si])c2c1. The van der Waals surface area contributed by atoms with E-state index in [2.05, 4.69) is 39.5 Å². The third-order valence-electron chi connectivity index (χ3n) is 1.71. The van der Waals surface area contributed by atoms with Gasteiger partial charge in [0.05, 0.1) is 15.8 Å². The normalized spacial score (nSPS) is 10.7. The molecule has 2 aromatic rings. The molecule has 0 fully saturated rings. The highest BCUT2D eigenvalue weighted by molar-refractivity contribution is 6.37. The van der Waals surface area contributed by atoms with Crippen molar-refractivity contribution in [1.82, 2.24) is 10.2 Å². The Hall–Kier alpha value is -1.09. The van der Waals surface area contributed by atoms with E-state index in [4.69, 9.17) is 0 Å². The quantitative estimate of drug-likeness (QED) is 0.562. The Bertz CT molecular complexity index is 392. The standard InChI is InChI=1S/C8H7N2Si/c1-5-2-3-7-6(4-5)8(11)10-9-7/h2-4H,1H3,(H,9,10). The van der Waals surface area contributed by atoms with Crippen LogP contribution in [0.2, 0.25) is 0 Å². The van der Waals surface area contributed by atoms with E-state index in [1.807, 2.05) is 6.07 Å². The fourth-order valence-corrected chi connectivity index (χ4v) is 1.38. The molecular formula is C8H7N2Si. The zero-order chi connectivity index (χ0) is 7.84. The van der Waals surface area contributed by atoms with E-state index in [9.17, 15) is 0 Å². The van der Waals surface area contributed by atoms with Crippen LogP contribution in [0.3, 0.4) is 0 Å². The Labute approximate surface area is 68.0 Å². The van der Waals surface area contributed by atoms with Crippen molar-refractivity contribution in [2.75, 3.05) is 0 Å². The highest BCUT2D eigenvalue weighted by Crippen LogP contribution is 2.09. The second-order valence-electron chi connectivity index (χ2n) is 2.62. The molecule has 0 amide bonds. The van der Waals surface area contributed by atoms with Crippen LogP contribution in [-0.4, -0.2) is 20.4 Å². The summed E-state index contributed by atoms with van der Waals surface area (Å²) in [5.41, 5.74) is 2.25. The molecule has 0 aliphatic rings. The van der Waals surface area contributed by atoms with Gasteiger partial charge in [-0.1, -0.05) is 11.6 Å². The molecule has 0 unspecified atom stereocenters. The van der Waals surface area contributed by atoms with Crippen LogP contribution < -0.4 is 5.32 Å². The predicted molar refractivity (Wildman–Crippen MR) is 46.2 cm³/mol. The lowest BCUT2D eigenvalue weighted by Gasteiger charge is -1.91. The minimum absolute atomic E-state index is 0.948. The summed E-state index contributed by atoms with van der Waals surface area (Å²) in [7, 11) is 3.43. The fraction of sp³-hybridized carbons (Fsp3) is 0.125. The van der Waals surface area contributed by atoms with Crippen LogP contribution in [0.25, 0.3) is 10.9 Å². The first-order valence-electron chi connectivity index (χ1n) is 3.44. The minimum atomic E-state index is 0.948. The number of benzene rings is 1. The van der Waals surface area contributed by atoms with E-state index in [-0.39, 0.29) is 0 Å². The Balaban J connectivity index is 2.87. The van der Waals surface area contributed by atoms with Crippen molar-refractivity contribution in [3.8, 4) is 0 Å². The Morgan fingerprint density at radius 1 is 1.45 bits per heavy atom. The molecule has 2 rings (SSSR count). The van der Waals surface area contributed by atoms with Gasteiger partial charge in [-0.2, -0.15) is 5.10 Å². The maximum Gasteiger partial charge on any atom is 0.0995 e. The van der Waals surface area contributed by atoms with E-state index in [0.29, 0.717) is 0 Å². The van der Waals surface area contributed by atoms with Gasteiger partial charge in [-0.25, -0.2) is 0 Å². The van der Waals surface area contributed by atoms with Crippen LogP contribution in [0.4, 0.5) is 0 Å². The first kappa shape index (κ1) is 6.61. The maximum absolute atomic E-state index is 4.09. The largest absolute Gasteiger partial charge is 0.287 e. The van der Waals surface area contributed by atoms with Gasteiger partial charge in [0.25, 0.3) is 0 Å². The lowest BCUT2D eigenvalue weighted by Crippen LogP contribution is -2.02. The number of H-pyrrole nitrogens is 1. The fourth-order valence-electron chi connectivity index (χ4n) is 1.12. The van der Waals surface area contributed by atoms with Crippen LogP contribution >= 0.6 is 0 Å². The van der Waals surface area contributed by atoms with Crippen molar-refractivity contribution in [1.29, 1.82) is 0 Å². The van der Waals surface area contributed by atoms with Crippen LogP contribution in [0, 0.1) is 6.92 Å². The lowest BCUT2D eigenvalue weighted by molar-refractivity contribution is 1.14. The Kier molecular flexibility index (Phi) is 1.32. The number of hydrogen-bond acceptors (Lipinski definition) is 1. The molecular weight excluding hydrogens is 152 g/mol. The smallest absolute Gasteiger partial charge is 0.0995 e. The number of aromatic nitrogens is 2. The van der Waals surface area contributed by atoms with Gasteiger partial charge in [0.2, 0.25) is 0 Å². The molecule has 1 aromatic carbocycles. The third kappa shape index (κ3) is 0.972. The van der Waals surface area contributed by atoms with Crippen LogP contribution in [0.15, 0.2) is 18.2 Å². The monoisotopic (exact) mass is 159 g/mol. The Morgan fingerprint density at radius 3 is 3.09 bits per heavy atom. The zero-order valence-corrected chi connectivity index (χ0v) is 7.18. The van der Waals surface area contributed by atoms with Gasteiger partial charge in [0.15, 0.2) is 0 Å². The number of aryl methyl sites for hydroxylation is 1. The molecule has 0 saturated heterocycles. The number of nitrogens with one attached hydrogen (secondary N) is 1. The van der Waals surface area contributed by atoms with Gasteiger partial charge in [-0.05, 0) is 19.1 Å². The van der Waals surface area contributed by atoms with Crippen molar-refractivity contribution < 1.29 is 0 Å². The molecule has 53 valence electrons. The van der Waals surface area contributed by atoms with E-state index >= 15 is 0 Å². The van der Waals surface area contributed by atoms with Crippen molar-refractivity contribution in [3.63, 3.8) is 0 Å². The van der Waals surface area contributed by atoms with E-state index in [1.54, 1.807) is 0 Å². The highest BCUT2D eigenvalue weighted by atomic mass is 28.1. The lowest BCUT2D eigenvalue weighted by atomic mass is 10.2. The number of rotatable bonds is 0. The molecule has 1 heterocycles. The highest BCUT2D eigenvalue weighted by Gasteiger charge is 1.98. The summed E-state index contributed by atoms with van der Waals surface area (Å²) < 4.78 is 0.